The molecule has 4 N–H and O–H groups in total. The highest BCUT2D eigenvalue weighted by Crippen LogP contribution is 2.34. The van der Waals surface area contributed by atoms with Crippen LogP contribution in [0.5, 0.6) is 0 Å². The van der Waals surface area contributed by atoms with Crippen molar-refractivity contribution in [1.82, 2.24) is 0 Å². The molecule has 24 heavy (non-hydrogen) atoms. The van der Waals surface area contributed by atoms with Gasteiger partial charge in [0.15, 0.2) is 12.4 Å². The zero-order valence-corrected chi connectivity index (χ0v) is 13.9. The van der Waals surface area contributed by atoms with Crippen LogP contribution in [0.1, 0.15) is 20.8 Å². The van der Waals surface area contributed by atoms with Crippen molar-refractivity contribution in [1.29, 1.82) is 0 Å². The first-order valence-electron chi connectivity index (χ1n) is 8.02. The molecule has 2 fully saturated rings. The van der Waals surface area contributed by atoms with Gasteiger partial charge in [-0.1, -0.05) is 13.8 Å². The molecular weight excluding hydrogens is 324 g/mol. The molecule has 0 radical (unpaired) electrons. The highest BCUT2D eigenvalue weighted by Gasteiger charge is 2.49. The summed E-state index contributed by atoms with van der Waals surface area (Å²) in [5.74, 6) is -0.514. The Balaban J connectivity index is 2.14. The maximum atomic E-state index is 10.7. The van der Waals surface area contributed by atoms with Crippen LogP contribution in [0.2, 0.25) is 0 Å². The molecule has 2 saturated heterocycles. The monoisotopic (exact) mass is 350 g/mol. The second-order valence-electron chi connectivity index (χ2n) is 6.46. The van der Waals surface area contributed by atoms with Gasteiger partial charge >= 0.3 is 0 Å². The fourth-order valence-corrected chi connectivity index (χ4v) is 3.05. The minimum Gasteiger partial charge on any atom is -0.435 e. The Kier molecular flexibility index (Phi) is 6.54. The summed E-state index contributed by atoms with van der Waals surface area (Å²) in [6, 6.07) is 0. The van der Waals surface area contributed by atoms with Crippen LogP contribution in [0, 0.1) is 11.8 Å². The summed E-state index contributed by atoms with van der Waals surface area (Å²) in [5, 5.41) is 39.6. The van der Waals surface area contributed by atoms with Crippen molar-refractivity contribution < 1.29 is 44.2 Å². The van der Waals surface area contributed by atoms with Gasteiger partial charge in [0.05, 0.1) is 18.8 Å². The number of hydrogen-bond donors (Lipinski definition) is 4. The van der Waals surface area contributed by atoms with Crippen molar-refractivity contribution in [2.75, 3.05) is 6.61 Å². The third-order valence-corrected chi connectivity index (χ3v) is 4.93. The van der Waals surface area contributed by atoms with Gasteiger partial charge in [-0.2, -0.15) is 0 Å². The van der Waals surface area contributed by atoms with Crippen LogP contribution < -0.4 is 0 Å². The van der Waals surface area contributed by atoms with E-state index in [4.69, 9.17) is 18.9 Å². The molecule has 0 aromatic carbocycles. The van der Waals surface area contributed by atoms with Gasteiger partial charge in [-0.15, -0.1) is 0 Å². The van der Waals surface area contributed by atoms with Gasteiger partial charge in [0, 0.05) is 5.92 Å². The maximum absolute atomic E-state index is 10.7. The SMILES string of the molecule is CC1[C@H](O[C@@H]2C(OC=O)O[C@@H](C)C(O)[C@H]2O)OC(CO)[C@@H](O)[C@@H]1C. The van der Waals surface area contributed by atoms with E-state index in [1.54, 1.807) is 13.8 Å². The molecule has 2 rings (SSSR count). The van der Waals surface area contributed by atoms with Crippen LogP contribution >= 0.6 is 0 Å². The van der Waals surface area contributed by atoms with Gasteiger partial charge < -0.3 is 39.4 Å². The number of aliphatic hydroxyl groups excluding tert-OH is 4. The minimum absolute atomic E-state index is 0.173. The number of aliphatic hydroxyl groups is 4. The predicted octanol–water partition coefficient (Wildman–Crippen LogP) is -1.64. The van der Waals surface area contributed by atoms with Crippen molar-refractivity contribution in [3.63, 3.8) is 0 Å². The van der Waals surface area contributed by atoms with E-state index in [0.29, 0.717) is 0 Å². The summed E-state index contributed by atoms with van der Waals surface area (Å²) in [4.78, 5) is 10.7. The molecule has 0 amide bonds. The second-order valence-corrected chi connectivity index (χ2v) is 6.46. The molecule has 0 saturated carbocycles. The normalized spacial score (nSPS) is 49.6. The molecule has 2 aliphatic heterocycles. The van der Waals surface area contributed by atoms with Crippen LogP contribution in [0.25, 0.3) is 0 Å². The van der Waals surface area contributed by atoms with E-state index < -0.39 is 55.8 Å². The molecule has 2 heterocycles. The van der Waals surface area contributed by atoms with E-state index in [1.165, 1.54) is 6.92 Å². The third-order valence-electron chi connectivity index (χ3n) is 4.93. The fraction of sp³-hybridized carbons (Fsp3) is 0.933. The predicted molar refractivity (Wildman–Crippen MR) is 78.5 cm³/mol. The summed E-state index contributed by atoms with van der Waals surface area (Å²) in [6.07, 6.45) is -8.29. The van der Waals surface area contributed by atoms with E-state index in [2.05, 4.69) is 0 Å². The quantitative estimate of drug-likeness (QED) is 0.431. The lowest BCUT2D eigenvalue weighted by molar-refractivity contribution is -0.346. The number of ether oxygens (including phenoxy) is 4. The minimum atomic E-state index is -1.36. The lowest BCUT2D eigenvalue weighted by Gasteiger charge is -2.46. The van der Waals surface area contributed by atoms with E-state index in [0.717, 1.165) is 0 Å². The van der Waals surface area contributed by atoms with Crippen LogP contribution in [-0.2, 0) is 23.7 Å². The van der Waals surface area contributed by atoms with Crippen LogP contribution in [-0.4, -0.2) is 82.7 Å². The van der Waals surface area contributed by atoms with Gasteiger partial charge in [0.2, 0.25) is 6.29 Å². The standard InChI is InChI=1S/C15H26O9/c1-6-7(2)14(23-9(4-16)10(6)18)24-13-12(20)11(19)8(3)22-15(13)21-5-17/h5-16,18-20H,4H2,1-3H3/t6-,7?,8+,9?,10+,11?,12-,13+,14+,15?/m1/s1. The van der Waals surface area contributed by atoms with Gasteiger partial charge in [-0.3, -0.25) is 4.79 Å². The van der Waals surface area contributed by atoms with Crippen molar-refractivity contribution in [2.45, 2.75) is 70.0 Å². The van der Waals surface area contributed by atoms with Gasteiger partial charge in [-0.05, 0) is 12.8 Å². The first kappa shape index (κ1) is 19.5. The highest BCUT2D eigenvalue weighted by molar-refractivity contribution is 5.37. The second kappa shape index (κ2) is 8.05. The van der Waals surface area contributed by atoms with Crippen LogP contribution in [0.3, 0.4) is 0 Å². The Morgan fingerprint density at radius 2 is 1.62 bits per heavy atom. The smallest absolute Gasteiger partial charge is 0.295 e. The molecule has 10 atom stereocenters. The van der Waals surface area contributed by atoms with E-state index in [9.17, 15) is 25.2 Å². The van der Waals surface area contributed by atoms with Crippen LogP contribution in [0.4, 0.5) is 0 Å². The number of hydrogen-bond acceptors (Lipinski definition) is 9. The van der Waals surface area contributed by atoms with Gasteiger partial charge in [0.1, 0.15) is 18.3 Å². The van der Waals surface area contributed by atoms with Gasteiger partial charge in [0.25, 0.3) is 6.47 Å². The van der Waals surface area contributed by atoms with Crippen molar-refractivity contribution >= 4 is 6.47 Å². The first-order chi connectivity index (χ1) is 11.3. The Morgan fingerprint density at radius 3 is 2.21 bits per heavy atom. The zero-order valence-electron chi connectivity index (χ0n) is 13.9. The zero-order chi connectivity index (χ0) is 18.0. The molecule has 4 unspecified atom stereocenters. The molecule has 0 bridgehead atoms. The summed E-state index contributed by atoms with van der Waals surface area (Å²) in [5.41, 5.74) is 0. The Labute approximate surface area is 140 Å². The molecule has 0 spiro atoms. The average Bonchev–Trinajstić information content (AvgIpc) is 2.56. The summed E-state index contributed by atoms with van der Waals surface area (Å²) < 4.78 is 21.5. The lowest BCUT2D eigenvalue weighted by Crippen LogP contribution is -2.61. The van der Waals surface area contributed by atoms with Crippen molar-refractivity contribution in [3.05, 3.63) is 0 Å². The van der Waals surface area contributed by atoms with Crippen LogP contribution in [0.15, 0.2) is 0 Å². The van der Waals surface area contributed by atoms with E-state index in [1.807, 2.05) is 0 Å². The summed E-state index contributed by atoms with van der Waals surface area (Å²) in [6.45, 7) is 4.89. The first-order valence-corrected chi connectivity index (χ1v) is 8.02. The fourth-order valence-electron chi connectivity index (χ4n) is 3.05. The van der Waals surface area contributed by atoms with Crippen molar-refractivity contribution in [2.24, 2.45) is 11.8 Å². The number of carbonyl (C=O) groups is 1. The van der Waals surface area contributed by atoms with Crippen molar-refractivity contribution in [3.8, 4) is 0 Å². The Hall–Kier alpha value is -0.810. The van der Waals surface area contributed by atoms with E-state index >= 15 is 0 Å². The topological polar surface area (TPSA) is 135 Å². The average molecular weight is 350 g/mol. The molecule has 0 aromatic rings. The number of carbonyl (C=O) groups excluding carboxylic acids is 1. The summed E-state index contributed by atoms with van der Waals surface area (Å²) >= 11 is 0. The molecule has 2 aliphatic rings. The maximum Gasteiger partial charge on any atom is 0.295 e. The highest BCUT2D eigenvalue weighted by atomic mass is 16.8. The van der Waals surface area contributed by atoms with E-state index in [-0.39, 0.29) is 18.3 Å². The lowest BCUT2D eigenvalue weighted by atomic mass is 9.84. The molecule has 140 valence electrons. The molecular formula is C15H26O9. The summed E-state index contributed by atoms with van der Waals surface area (Å²) in [7, 11) is 0. The molecule has 0 aliphatic carbocycles. The molecule has 9 heteroatoms. The Morgan fingerprint density at radius 1 is 0.958 bits per heavy atom. The number of rotatable bonds is 5. The largest absolute Gasteiger partial charge is 0.435 e. The van der Waals surface area contributed by atoms with Gasteiger partial charge in [-0.25, -0.2) is 0 Å². The third kappa shape index (κ3) is 3.72. The molecule has 9 nitrogen and oxygen atoms in total. The molecule has 0 aromatic heterocycles. The Bertz CT molecular complexity index is 418.